The molecule has 3 aromatic rings. The Morgan fingerprint density at radius 1 is 0.850 bits per heavy atom. The van der Waals surface area contributed by atoms with Gasteiger partial charge in [-0.15, -0.1) is 0 Å². The van der Waals surface area contributed by atoms with E-state index in [0.717, 1.165) is 12.1 Å². The molecule has 0 aliphatic rings. The predicted molar refractivity (Wildman–Crippen MR) is 69.4 cm³/mol. The summed E-state index contributed by atoms with van der Waals surface area (Å²) in [6.07, 6.45) is 1.33. The number of benzene rings is 2. The molecule has 0 spiro atoms. The molecule has 0 saturated heterocycles. The molecule has 0 bridgehead atoms. The highest BCUT2D eigenvalue weighted by Gasteiger charge is 2.12. The number of halogens is 3. The van der Waals surface area contributed by atoms with E-state index in [0.29, 0.717) is 0 Å². The Balaban J connectivity index is 2.44. The molecule has 0 unspecified atom stereocenters. The molecule has 20 heavy (non-hydrogen) atoms. The fourth-order valence-electron chi connectivity index (χ4n) is 2.10. The number of hydrogen-bond acceptors (Lipinski definition) is 1. The Bertz CT molecular complexity index is 871. The largest absolute Gasteiger partial charge is 0.313 e. The lowest BCUT2D eigenvalue weighted by atomic mass is 10.2. The molecule has 2 nitrogen and oxygen atoms in total. The lowest BCUT2D eigenvalue weighted by Crippen LogP contribution is -2.08. The third-order valence-corrected chi connectivity index (χ3v) is 3.05. The highest BCUT2D eigenvalue weighted by Crippen LogP contribution is 2.21. The molecule has 0 radical (unpaired) electrons. The van der Waals surface area contributed by atoms with Crippen LogP contribution in [0.15, 0.2) is 53.5 Å². The third-order valence-electron chi connectivity index (χ3n) is 3.05. The fourth-order valence-corrected chi connectivity index (χ4v) is 2.10. The van der Waals surface area contributed by atoms with Crippen LogP contribution in [0, 0.1) is 17.5 Å². The Morgan fingerprint density at radius 3 is 2.30 bits per heavy atom. The molecule has 3 rings (SSSR count). The lowest BCUT2D eigenvalue weighted by molar-refractivity contribution is 0.510. The summed E-state index contributed by atoms with van der Waals surface area (Å²) in [6, 6.07) is 8.76. The topological polar surface area (TPSA) is 22.0 Å². The molecule has 0 atom stereocenters. The second-order valence-corrected chi connectivity index (χ2v) is 4.28. The van der Waals surface area contributed by atoms with Crippen LogP contribution in [0.25, 0.3) is 16.6 Å². The zero-order valence-electron chi connectivity index (χ0n) is 10.1. The highest BCUT2D eigenvalue weighted by atomic mass is 19.2. The Labute approximate surface area is 111 Å². The van der Waals surface area contributed by atoms with Crippen LogP contribution in [0.2, 0.25) is 0 Å². The summed E-state index contributed by atoms with van der Waals surface area (Å²) in [5.74, 6) is -2.73. The molecule has 0 N–H and O–H groups in total. The maximum atomic E-state index is 13.8. The summed E-state index contributed by atoms with van der Waals surface area (Å²) in [6.45, 7) is 0. The van der Waals surface area contributed by atoms with Crippen LogP contribution in [-0.4, -0.2) is 4.57 Å². The molecular weight excluding hydrogens is 267 g/mol. The first kappa shape index (κ1) is 12.5. The second kappa shape index (κ2) is 4.52. The number of nitrogens with zero attached hydrogens (tertiary/aromatic N) is 1. The van der Waals surface area contributed by atoms with Crippen LogP contribution in [0.1, 0.15) is 0 Å². The van der Waals surface area contributed by atoms with Gasteiger partial charge in [-0.1, -0.05) is 12.1 Å². The van der Waals surface area contributed by atoms with Gasteiger partial charge in [-0.3, -0.25) is 4.79 Å². The minimum atomic E-state index is -1.11. The van der Waals surface area contributed by atoms with Gasteiger partial charge in [0.05, 0.1) is 11.2 Å². The van der Waals surface area contributed by atoms with E-state index >= 15 is 0 Å². The molecule has 0 aliphatic carbocycles. The summed E-state index contributed by atoms with van der Waals surface area (Å²) in [7, 11) is 0. The molecule has 1 heterocycles. The molecule has 1 aromatic heterocycles. The number of pyridine rings is 1. The number of rotatable bonds is 1. The van der Waals surface area contributed by atoms with Crippen molar-refractivity contribution in [2.75, 3.05) is 0 Å². The van der Waals surface area contributed by atoms with Gasteiger partial charge >= 0.3 is 0 Å². The van der Waals surface area contributed by atoms with Gasteiger partial charge in [0, 0.05) is 23.7 Å². The average molecular weight is 275 g/mol. The van der Waals surface area contributed by atoms with Crippen LogP contribution in [0.5, 0.6) is 0 Å². The van der Waals surface area contributed by atoms with E-state index in [9.17, 15) is 18.0 Å². The smallest absolute Gasteiger partial charge is 0.189 e. The monoisotopic (exact) mass is 275 g/mol. The van der Waals surface area contributed by atoms with Crippen molar-refractivity contribution >= 4 is 10.9 Å². The number of aromatic nitrogens is 1. The van der Waals surface area contributed by atoms with E-state index in [4.69, 9.17) is 0 Å². The van der Waals surface area contributed by atoms with E-state index in [1.165, 1.54) is 35.0 Å². The fraction of sp³-hybridized carbons (Fsp3) is 0. The van der Waals surface area contributed by atoms with Gasteiger partial charge in [-0.25, -0.2) is 13.2 Å². The Morgan fingerprint density at radius 2 is 1.55 bits per heavy atom. The minimum absolute atomic E-state index is 0.00495. The van der Waals surface area contributed by atoms with Crippen molar-refractivity contribution in [3.05, 3.63) is 76.3 Å². The summed E-state index contributed by atoms with van der Waals surface area (Å²) in [5, 5.41) is -0.00495. The van der Waals surface area contributed by atoms with Crippen LogP contribution >= 0.6 is 0 Å². The van der Waals surface area contributed by atoms with Crippen molar-refractivity contribution in [3.8, 4) is 5.69 Å². The van der Waals surface area contributed by atoms with Gasteiger partial charge in [0.2, 0.25) is 0 Å². The molecule has 2 aromatic carbocycles. The van der Waals surface area contributed by atoms with Crippen molar-refractivity contribution in [2.45, 2.75) is 0 Å². The van der Waals surface area contributed by atoms with Gasteiger partial charge in [0.15, 0.2) is 17.1 Å². The zero-order chi connectivity index (χ0) is 14.3. The van der Waals surface area contributed by atoms with Crippen molar-refractivity contribution in [1.29, 1.82) is 0 Å². The third kappa shape index (κ3) is 1.87. The summed E-state index contributed by atoms with van der Waals surface area (Å²) < 4.78 is 41.8. The van der Waals surface area contributed by atoms with Gasteiger partial charge < -0.3 is 4.57 Å². The van der Waals surface area contributed by atoms with E-state index in [1.54, 1.807) is 6.07 Å². The maximum Gasteiger partial charge on any atom is 0.189 e. The van der Waals surface area contributed by atoms with Crippen molar-refractivity contribution in [2.24, 2.45) is 0 Å². The number of fused-ring (bicyclic) bond motifs is 1. The van der Waals surface area contributed by atoms with Crippen molar-refractivity contribution < 1.29 is 13.2 Å². The van der Waals surface area contributed by atoms with Crippen LogP contribution in [-0.2, 0) is 0 Å². The summed E-state index contributed by atoms with van der Waals surface area (Å²) in [5.41, 5.74) is -0.184. The van der Waals surface area contributed by atoms with E-state index in [2.05, 4.69) is 0 Å². The summed E-state index contributed by atoms with van der Waals surface area (Å²) in [4.78, 5) is 11.7. The van der Waals surface area contributed by atoms with Crippen LogP contribution in [0.3, 0.4) is 0 Å². The van der Waals surface area contributed by atoms with Crippen LogP contribution < -0.4 is 5.43 Å². The maximum absolute atomic E-state index is 13.8. The lowest BCUT2D eigenvalue weighted by Gasteiger charge is -2.11. The molecular formula is C15H8F3NO. The average Bonchev–Trinajstić information content (AvgIpc) is 2.43. The molecule has 0 saturated carbocycles. The normalized spacial score (nSPS) is 10.9. The first-order chi connectivity index (χ1) is 9.58. The van der Waals surface area contributed by atoms with Gasteiger partial charge in [-0.2, -0.15) is 0 Å². The Kier molecular flexibility index (Phi) is 2.82. The molecule has 0 fully saturated rings. The standard InChI is InChI=1S/C15H8F3NO/c16-10-3-1-2-4-13(10)19-6-5-15(20)9-7-11(17)12(18)8-14(9)19/h1-8H. The van der Waals surface area contributed by atoms with Crippen LogP contribution in [0.4, 0.5) is 13.2 Å². The second-order valence-electron chi connectivity index (χ2n) is 4.28. The van der Waals surface area contributed by atoms with Gasteiger partial charge in [-0.05, 0) is 18.2 Å². The van der Waals surface area contributed by atoms with Gasteiger partial charge in [0.1, 0.15) is 5.82 Å². The van der Waals surface area contributed by atoms with Crippen molar-refractivity contribution in [1.82, 2.24) is 4.57 Å². The summed E-state index contributed by atoms with van der Waals surface area (Å²) >= 11 is 0. The van der Waals surface area contributed by atoms with Crippen molar-refractivity contribution in [3.63, 3.8) is 0 Å². The molecule has 0 aliphatic heterocycles. The molecule has 100 valence electrons. The highest BCUT2D eigenvalue weighted by molar-refractivity contribution is 5.80. The number of para-hydroxylation sites is 1. The molecule has 0 amide bonds. The minimum Gasteiger partial charge on any atom is -0.313 e. The molecule has 5 heteroatoms. The SMILES string of the molecule is O=c1ccn(-c2ccccc2F)c2cc(F)c(F)cc12. The Hall–Kier alpha value is -2.56. The first-order valence-corrected chi connectivity index (χ1v) is 5.83. The zero-order valence-corrected chi connectivity index (χ0v) is 10.1. The predicted octanol–water partition coefficient (Wildman–Crippen LogP) is 3.41. The van der Waals surface area contributed by atoms with E-state index < -0.39 is 22.9 Å². The van der Waals surface area contributed by atoms with E-state index in [-0.39, 0.29) is 16.6 Å². The quantitative estimate of drug-likeness (QED) is 0.667. The first-order valence-electron chi connectivity index (χ1n) is 5.83. The number of hydrogen-bond donors (Lipinski definition) is 0. The van der Waals surface area contributed by atoms with E-state index in [1.807, 2.05) is 0 Å². The van der Waals surface area contributed by atoms with Gasteiger partial charge in [0.25, 0.3) is 0 Å².